The summed E-state index contributed by atoms with van der Waals surface area (Å²) in [6, 6.07) is 10.2. The van der Waals surface area contributed by atoms with Crippen molar-refractivity contribution in [2.24, 2.45) is 0 Å². The lowest BCUT2D eigenvalue weighted by atomic mass is 10.1. The van der Waals surface area contributed by atoms with Crippen molar-refractivity contribution in [2.45, 2.75) is 19.4 Å². The van der Waals surface area contributed by atoms with Crippen LogP contribution in [-0.2, 0) is 11.2 Å². The fourth-order valence-corrected chi connectivity index (χ4v) is 2.08. The van der Waals surface area contributed by atoms with Gasteiger partial charge in [-0.2, -0.15) is 0 Å². The van der Waals surface area contributed by atoms with E-state index in [1.54, 1.807) is 0 Å². The van der Waals surface area contributed by atoms with Gasteiger partial charge in [-0.15, -0.1) is 12.4 Å². The van der Waals surface area contributed by atoms with Gasteiger partial charge in [-0.25, -0.2) is 0 Å². The number of hydrogen-bond acceptors (Lipinski definition) is 2. The fourth-order valence-electron chi connectivity index (χ4n) is 2.08. The molecule has 1 saturated heterocycles. The van der Waals surface area contributed by atoms with Gasteiger partial charge in [-0.3, -0.25) is 4.79 Å². The van der Waals surface area contributed by atoms with Gasteiger partial charge < -0.3 is 10.2 Å². The Morgan fingerprint density at radius 3 is 2.76 bits per heavy atom. The highest BCUT2D eigenvalue weighted by Gasteiger charge is 2.22. The Balaban J connectivity index is 0.00000144. The summed E-state index contributed by atoms with van der Waals surface area (Å²) < 4.78 is 0. The van der Waals surface area contributed by atoms with Crippen molar-refractivity contribution in [3.63, 3.8) is 0 Å². The predicted octanol–water partition coefficient (Wildman–Crippen LogP) is 1.47. The Hall–Kier alpha value is -1.06. The summed E-state index contributed by atoms with van der Waals surface area (Å²) >= 11 is 0. The summed E-state index contributed by atoms with van der Waals surface area (Å²) in [4.78, 5) is 14.1. The SMILES string of the molecule is C[C@@H]1CNCCN1C(=O)Cc1ccccc1.Cl. The molecule has 2 rings (SSSR count). The van der Waals surface area contributed by atoms with Crippen LogP contribution in [0.3, 0.4) is 0 Å². The predicted molar refractivity (Wildman–Crippen MR) is 71.4 cm³/mol. The molecule has 1 aliphatic rings. The maximum atomic E-state index is 12.1. The second-order valence-electron chi connectivity index (χ2n) is 4.30. The minimum atomic E-state index is 0. The van der Waals surface area contributed by atoms with Gasteiger partial charge in [0.25, 0.3) is 0 Å². The number of nitrogens with zero attached hydrogens (tertiary/aromatic N) is 1. The Labute approximate surface area is 109 Å². The van der Waals surface area contributed by atoms with E-state index < -0.39 is 0 Å². The van der Waals surface area contributed by atoms with Crippen LogP contribution in [-0.4, -0.2) is 36.5 Å². The summed E-state index contributed by atoms with van der Waals surface area (Å²) in [5.41, 5.74) is 1.10. The zero-order valence-electron chi connectivity index (χ0n) is 10.1. The van der Waals surface area contributed by atoms with Crippen molar-refractivity contribution >= 4 is 18.3 Å². The van der Waals surface area contributed by atoms with Crippen LogP contribution in [0.15, 0.2) is 30.3 Å². The van der Waals surface area contributed by atoms with Crippen molar-refractivity contribution in [3.05, 3.63) is 35.9 Å². The van der Waals surface area contributed by atoms with Crippen molar-refractivity contribution in [3.8, 4) is 0 Å². The standard InChI is InChI=1S/C13H18N2O.ClH/c1-11-10-14-7-8-15(11)13(16)9-12-5-3-2-4-6-12;/h2-6,11,14H,7-10H2,1H3;1H/t11-;/m1./s1. The fraction of sp³-hybridized carbons (Fsp3) is 0.462. The van der Waals surface area contributed by atoms with Gasteiger partial charge in [0.2, 0.25) is 5.91 Å². The molecule has 0 spiro atoms. The van der Waals surface area contributed by atoms with E-state index in [4.69, 9.17) is 0 Å². The number of benzene rings is 1. The molecule has 1 aromatic carbocycles. The molecule has 0 aromatic heterocycles. The van der Waals surface area contributed by atoms with E-state index in [2.05, 4.69) is 12.2 Å². The van der Waals surface area contributed by atoms with E-state index in [9.17, 15) is 4.79 Å². The second kappa shape index (κ2) is 6.62. The molecule has 1 fully saturated rings. The molecule has 1 aliphatic heterocycles. The number of piperazine rings is 1. The second-order valence-corrected chi connectivity index (χ2v) is 4.30. The Morgan fingerprint density at radius 2 is 2.12 bits per heavy atom. The number of amides is 1. The monoisotopic (exact) mass is 254 g/mol. The molecule has 0 bridgehead atoms. The van der Waals surface area contributed by atoms with Crippen LogP contribution in [0, 0.1) is 0 Å². The molecule has 1 aromatic rings. The largest absolute Gasteiger partial charge is 0.337 e. The molecule has 94 valence electrons. The summed E-state index contributed by atoms with van der Waals surface area (Å²) in [5.74, 6) is 0.236. The van der Waals surface area contributed by atoms with E-state index >= 15 is 0 Å². The highest BCUT2D eigenvalue weighted by atomic mass is 35.5. The van der Waals surface area contributed by atoms with Gasteiger partial charge in [-0.05, 0) is 12.5 Å². The zero-order chi connectivity index (χ0) is 11.4. The van der Waals surface area contributed by atoms with Gasteiger partial charge in [-0.1, -0.05) is 30.3 Å². The van der Waals surface area contributed by atoms with Gasteiger partial charge >= 0.3 is 0 Å². The average Bonchev–Trinajstić information content (AvgIpc) is 2.31. The van der Waals surface area contributed by atoms with Crippen molar-refractivity contribution in [2.75, 3.05) is 19.6 Å². The van der Waals surface area contributed by atoms with Gasteiger partial charge in [0.15, 0.2) is 0 Å². The molecule has 3 nitrogen and oxygen atoms in total. The highest BCUT2D eigenvalue weighted by Crippen LogP contribution is 2.07. The van der Waals surface area contributed by atoms with Crippen LogP contribution < -0.4 is 5.32 Å². The molecule has 0 radical (unpaired) electrons. The van der Waals surface area contributed by atoms with Crippen LogP contribution >= 0.6 is 12.4 Å². The summed E-state index contributed by atoms with van der Waals surface area (Å²) in [7, 11) is 0. The molecule has 1 N–H and O–H groups in total. The van der Waals surface area contributed by atoms with Crippen molar-refractivity contribution in [1.29, 1.82) is 0 Å². The van der Waals surface area contributed by atoms with Crippen LogP contribution in [0.2, 0.25) is 0 Å². The first kappa shape index (κ1) is 14.0. The summed E-state index contributed by atoms with van der Waals surface area (Å²) in [6.45, 7) is 4.73. The van der Waals surface area contributed by atoms with E-state index in [1.807, 2.05) is 35.2 Å². The normalized spacial score (nSPS) is 19.6. The maximum absolute atomic E-state index is 12.1. The lowest BCUT2D eigenvalue weighted by Crippen LogP contribution is -2.52. The number of carbonyl (C=O) groups excluding carboxylic acids is 1. The minimum absolute atomic E-state index is 0. The highest BCUT2D eigenvalue weighted by molar-refractivity contribution is 5.85. The van der Waals surface area contributed by atoms with Crippen LogP contribution in [0.25, 0.3) is 0 Å². The van der Waals surface area contributed by atoms with Crippen LogP contribution in [0.1, 0.15) is 12.5 Å². The lowest BCUT2D eigenvalue weighted by molar-refractivity contribution is -0.133. The first-order valence-electron chi connectivity index (χ1n) is 5.81. The Bertz CT molecular complexity index is 356. The molecule has 1 amide bonds. The minimum Gasteiger partial charge on any atom is -0.337 e. The molecular formula is C13H19ClN2O. The van der Waals surface area contributed by atoms with Gasteiger partial charge in [0.05, 0.1) is 6.42 Å². The Kier molecular flexibility index (Phi) is 5.45. The molecule has 17 heavy (non-hydrogen) atoms. The number of carbonyl (C=O) groups is 1. The number of nitrogens with one attached hydrogen (secondary N) is 1. The van der Waals surface area contributed by atoms with E-state index in [1.165, 1.54) is 0 Å². The van der Waals surface area contributed by atoms with Crippen molar-refractivity contribution in [1.82, 2.24) is 10.2 Å². The third kappa shape index (κ3) is 3.72. The van der Waals surface area contributed by atoms with E-state index in [-0.39, 0.29) is 18.3 Å². The molecule has 1 atom stereocenters. The van der Waals surface area contributed by atoms with Crippen LogP contribution in [0.5, 0.6) is 0 Å². The first-order chi connectivity index (χ1) is 7.77. The molecule has 0 unspecified atom stereocenters. The van der Waals surface area contributed by atoms with Gasteiger partial charge in [0, 0.05) is 25.7 Å². The van der Waals surface area contributed by atoms with Gasteiger partial charge in [0.1, 0.15) is 0 Å². The zero-order valence-corrected chi connectivity index (χ0v) is 10.9. The molecule has 4 heteroatoms. The summed E-state index contributed by atoms with van der Waals surface area (Å²) in [6.07, 6.45) is 0.519. The number of rotatable bonds is 2. The maximum Gasteiger partial charge on any atom is 0.227 e. The molecule has 1 heterocycles. The van der Waals surface area contributed by atoms with E-state index in [0.717, 1.165) is 25.2 Å². The van der Waals surface area contributed by atoms with E-state index in [0.29, 0.717) is 12.5 Å². The van der Waals surface area contributed by atoms with Crippen LogP contribution in [0.4, 0.5) is 0 Å². The van der Waals surface area contributed by atoms with Crippen molar-refractivity contribution < 1.29 is 4.79 Å². The lowest BCUT2D eigenvalue weighted by Gasteiger charge is -2.34. The first-order valence-corrected chi connectivity index (χ1v) is 5.81. The number of hydrogen-bond donors (Lipinski definition) is 1. The smallest absolute Gasteiger partial charge is 0.227 e. The quantitative estimate of drug-likeness (QED) is 0.867. The number of halogens is 1. The molecule has 0 aliphatic carbocycles. The third-order valence-corrected chi connectivity index (χ3v) is 3.02. The summed E-state index contributed by atoms with van der Waals surface area (Å²) in [5, 5.41) is 3.29. The topological polar surface area (TPSA) is 32.3 Å². The average molecular weight is 255 g/mol. The molecular weight excluding hydrogens is 236 g/mol. The molecule has 0 saturated carbocycles. The third-order valence-electron chi connectivity index (χ3n) is 3.02. The Morgan fingerprint density at radius 1 is 1.41 bits per heavy atom.